The number of imidazole rings is 1. The molecule has 2 heterocycles. The number of nitrogens with zero attached hydrogens (tertiary/aromatic N) is 2. The standard InChI is InChI=1S/C33H43N2/c1-23-15-9-14-22-29(23)34-24(2)30-27-20-12-13-21-28(27)33(26-18-10-11-19-26,25-16-7-6-8-17-25)35(30)31(34)32(3,4)5/h9,12-15,20-22,25-26H,6-8,10-11,16-19H2,1-5H3/q+1. The van der Waals surface area contributed by atoms with E-state index in [1.54, 1.807) is 5.56 Å². The number of para-hydroxylation sites is 1. The van der Waals surface area contributed by atoms with Gasteiger partial charge in [0.1, 0.15) is 11.2 Å². The van der Waals surface area contributed by atoms with Crippen molar-refractivity contribution in [2.45, 2.75) is 103 Å². The lowest BCUT2D eigenvalue weighted by Crippen LogP contribution is -2.66. The van der Waals surface area contributed by atoms with E-state index >= 15 is 0 Å². The van der Waals surface area contributed by atoms with E-state index in [-0.39, 0.29) is 11.0 Å². The maximum Gasteiger partial charge on any atom is 0.268 e. The lowest BCUT2D eigenvalue weighted by atomic mass is 9.64. The number of aryl methyl sites for hydroxylation is 1. The first-order chi connectivity index (χ1) is 16.9. The van der Waals surface area contributed by atoms with E-state index in [0.717, 1.165) is 11.8 Å². The number of rotatable bonds is 3. The van der Waals surface area contributed by atoms with Crippen molar-refractivity contribution in [2.75, 3.05) is 0 Å². The van der Waals surface area contributed by atoms with Crippen LogP contribution in [0.1, 0.15) is 101 Å². The zero-order chi connectivity index (χ0) is 24.4. The Bertz CT molecular complexity index is 1240. The van der Waals surface area contributed by atoms with Crippen molar-refractivity contribution in [2.24, 2.45) is 11.8 Å². The molecule has 2 heteroatoms. The molecule has 1 aromatic heterocycles. The van der Waals surface area contributed by atoms with Crippen LogP contribution < -0.4 is 4.57 Å². The third-order valence-electron chi connectivity index (χ3n) is 9.54. The minimum absolute atomic E-state index is 0.0197. The second-order valence-electron chi connectivity index (χ2n) is 12.7. The summed E-state index contributed by atoms with van der Waals surface area (Å²) in [6.07, 6.45) is 12.4. The largest absolute Gasteiger partial charge is 0.268 e. The highest BCUT2D eigenvalue weighted by Crippen LogP contribution is 2.56. The highest BCUT2D eigenvalue weighted by Gasteiger charge is 2.61. The predicted molar refractivity (Wildman–Crippen MR) is 145 cm³/mol. The van der Waals surface area contributed by atoms with Crippen LogP contribution in [-0.4, -0.2) is 4.57 Å². The van der Waals surface area contributed by atoms with Crippen LogP contribution in [0.5, 0.6) is 0 Å². The molecule has 2 fully saturated rings. The summed E-state index contributed by atoms with van der Waals surface area (Å²) in [5.74, 6) is 2.94. The van der Waals surface area contributed by atoms with E-state index in [2.05, 4.69) is 92.3 Å². The Kier molecular flexibility index (Phi) is 5.51. The number of hydrogen-bond acceptors (Lipinski definition) is 0. The third kappa shape index (κ3) is 3.24. The van der Waals surface area contributed by atoms with Gasteiger partial charge in [0, 0.05) is 29.9 Å². The molecule has 35 heavy (non-hydrogen) atoms. The third-order valence-corrected chi connectivity index (χ3v) is 9.54. The maximum absolute atomic E-state index is 2.95. The monoisotopic (exact) mass is 467 g/mol. The van der Waals surface area contributed by atoms with E-state index in [1.165, 1.54) is 91.8 Å². The molecule has 2 aromatic carbocycles. The molecule has 0 radical (unpaired) electrons. The average molecular weight is 468 g/mol. The Morgan fingerprint density at radius 2 is 1.34 bits per heavy atom. The quantitative estimate of drug-likeness (QED) is 0.343. The molecular weight excluding hydrogens is 424 g/mol. The molecule has 184 valence electrons. The summed E-state index contributed by atoms with van der Waals surface area (Å²) in [5, 5.41) is 0. The Morgan fingerprint density at radius 1 is 0.771 bits per heavy atom. The molecule has 6 rings (SSSR count). The molecule has 3 aliphatic rings. The fraction of sp³-hybridized carbons (Fsp3) is 0.545. The Morgan fingerprint density at radius 3 is 1.97 bits per heavy atom. The van der Waals surface area contributed by atoms with Crippen molar-refractivity contribution in [3.63, 3.8) is 0 Å². The van der Waals surface area contributed by atoms with Gasteiger partial charge in [-0.15, -0.1) is 0 Å². The van der Waals surface area contributed by atoms with Crippen LogP contribution in [0.3, 0.4) is 0 Å². The van der Waals surface area contributed by atoms with Crippen LogP contribution >= 0.6 is 0 Å². The highest BCUT2D eigenvalue weighted by molar-refractivity contribution is 5.69. The van der Waals surface area contributed by atoms with Crippen molar-refractivity contribution < 1.29 is 4.57 Å². The molecule has 1 unspecified atom stereocenters. The summed E-state index contributed by atoms with van der Waals surface area (Å²) in [4.78, 5) is 0. The first-order valence-electron chi connectivity index (χ1n) is 14.2. The smallest absolute Gasteiger partial charge is 0.216 e. The Balaban J connectivity index is 1.77. The second kappa shape index (κ2) is 8.36. The fourth-order valence-electron chi connectivity index (χ4n) is 8.29. The van der Waals surface area contributed by atoms with Gasteiger partial charge in [-0.3, -0.25) is 0 Å². The minimum atomic E-state index is 0.0197. The van der Waals surface area contributed by atoms with Gasteiger partial charge in [-0.2, -0.15) is 4.57 Å². The molecule has 0 spiro atoms. The number of benzene rings is 2. The summed E-state index contributed by atoms with van der Waals surface area (Å²) in [5.41, 5.74) is 8.85. The van der Waals surface area contributed by atoms with Crippen LogP contribution in [0.15, 0.2) is 48.5 Å². The SMILES string of the molecule is Cc1ccccc1-n1c(C)c2[n+](c1C(C)(C)C)C(C1CCCCC1)(C1CCCC1)c1ccccc1-2. The molecular formula is C33H43N2+. The first-order valence-corrected chi connectivity index (χ1v) is 14.2. The molecule has 1 aliphatic heterocycles. The van der Waals surface area contributed by atoms with Crippen LogP contribution in [0.2, 0.25) is 0 Å². The molecule has 1 atom stereocenters. The van der Waals surface area contributed by atoms with Crippen molar-refractivity contribution in [3.05, 3.63) is 71.2 Å². The summed E-state index contributed by atoms with van der Waals surface area (Å²) in [6, 6.07) is 18.5. The molecule has 0 bridgehead atoms. The second-order valence-corrected chi connectivity index (χ2v) is 12.7. The predicted octanol–water partition coefficient (Wildman–Crippen LogP) is 8.17. The van der Waals surface area contributed by atoms with E-state index in [4.69, 9.17) is 0 Å². The summed E-state index contributed by atoms with van der Waals surface area (Å²) in [6.45, 7) is 12.0. The van der Waals surface area contributed by atoms with Gasteiger partial charge in [-0.05, 0) is 65.0 Å². The Labute approximate surface area is 212 Å². The van der Waals surface area contributed by atoms with Gasteiger partial charge in [0.15, 0.2) is 11.4 Å². The zero-order valence-electron chi connectivity index (χ0n) is 22.5. The topological polar surface area (TPSA) is 8.81 Å². The van der Waals surface area contributed by atoms with Gasteiger partial charge >= 0.3 is 0 Å². The fourth-order valence-corrected chi connectivity index (χ4v) is 8.29. The number of aromatic nitrogens is 2. The van der Waals surface area contributed by atoms with Crippen LogP contribution in [-0.2, 0) is 11.0 Å². The summed E-state index contributed by atoms with van der Waals surface area (Å²) >= 11 is 0. The van der Waals surface area contributed by atoms with Crippen molar-refractivity contribution in [3.8, 4) is 16.9 Å². The highest BCUT2D eigenvalue weighted by atomic mass is 15.3. The van der Waals surface area contributed by atoms with Crippen LogP contribution in [0.4, 0.5) is 0 Å². The molecule has 0 amide bonds. The van der Waals surface area contributed by atoms with E-state index in [0.29, 0.717) is 0 Å². The minimum Gasteiger partial charge on any atom is -0.216 e. The van der Waals surface area contributed by atoms with Gasteiger partial charge in [0.05, 0.1) is 5.41 Å². The van der Waals surface area contributed by atoms with E-state index < -0.39 is 0 Å². The molecule has 0 saturated heterocycles. The van der Waals surface area contributed by atoms with Crippen LogP contribution in [0, 0.1) is 25.7 Å². The molecule has 2 nitrogen and oxygen atoms in total. The summed E-state index contributed by atoms with van der Waals surface area (Å²) < 4.78 is 5.60. The zero-order valence-corrected chi connectivity index (χ0v) is 22.5. The molecule has 2 saturated carbocycles. The normalized spacial score (nSPS) is 23.0. The van der Waals surface area contributed by atoms with Gasteiger partial charge in [-0.1, -0.05) is 74.6 Å². The lowest BCUT2D eigenvalue weighted by Gasteiger charge is -2.44. The van der Waals surface area contributed by atoms with Gasteiger partial charge in [-0.25, -0.2) is 4.57 Å². The maximum atomic E-state index is 2.95. The van der Waals surface area contributed by atoms with Gasteiger partial charge < -0.3 is 0 Å². The molecule has 0 N–H and O–H groups in total. The van der Waals surface area contributed by atoms with E-state index in [9.17, 15) is 0 Å². The van der Waals surface area contributed by atoms with Crippen molar-refractivity contribution >= 4 is 0 Å². The Hall–Kier alpha value is -2.35. The van der Waals surface area contributed by atoms with Crippen molar-refractivity contribution in [1.82, 2.24) is 4.57 Å². The summed E-state index contributed by atoms with van der Waals surface area (Å²) in [7, 11) is 0. The van der Waals surface area contributed by atoms with Gasteiger partial charge in [0.2, 0.25) is 0 Å². The van der Waals surface area contributed by atoms with E-state index in [1.807, 2.05) is 0 Å². The average Bonchev–Trinajstić information content (AvgIpc) is 3.55. The van der Waals surface area contributed by atoms with Gasteiger partial charge in [0.25, 0.3) is 5.82 Å². The first kappa shape index (κ1) is 23.1. The number of fused-ring (bicyclic) bond motifs is 3. The van der Waals surface area contributed by atoms with Crippen LogP contribution in [0.25, 0.3) is 16.9 Å². The molecule has 2 aliphatic carbocycles. The molecule has 3 aromatic rings. The number of hydrogen-bond donors (Lipinski definition) is 0. The lowest BCUT2D eigenvalue weighted by molar-refractivity contribution is -0.764. The van der Waals surface area contributed by atoms with Crippen molar-refractivity contribution in [1.29, 1.82) is 0 Å².